The standard InChI is InChI=1S/C32H36F3N5O2/c1-5-21(20(2)3)11-8-12-29(41)37-25-15-16-28(42-4)27(18-25)39-31-36-19-26(32(33,34)35)30(40-31)38-24-14-13-22-9-6-7-10-23(22)17-24/h6-10,12-21,30,38H,5,11H2,1-4H3,(H,37,41)(H2,36,39,40)/b12-8+. The van der Waals surface area contributed by atoms with Crippen LogP contribution in [0.15, 0.2) is 89.6 Å². The average molecular weight is 580 g/mol. The maximum atomic E-state index is 13.9. The van der Waals surface area contributed by atoms with Crippen LogP contribution in [0.2, 0.25) is 0 Å². The Bertz CT molecular complexity index is 1500. The van der Waals surface area contributed by atoms with E-state index in [1.54, 1.807) is 30.3 Å². The fourth-order valence-electron chi connectivity index (χ4n) is 4.77. The number of fused-ring (bicyclic) bond motifs is 1. The molecule has 0 saturated heterocycles. The minimum Gasteiger partial charge on any atom is -0.495 e. The third-order valence-electron chi connectivity index (χ3n) is 7.19. The third-order valence-corrected chi connectivity index (χ3v) is 7.19. The van der Waals surface area contributed by atoms with E-state index >= 15 is 0 Å². The quantitative estimate of drug-likeness (QED) is 0.185. The van der Waals surface area contributed by atoms with Crippen LogP contribution in [-0.2, 0) is 4.79 Å². The Balaban J connectivity index is 1.52. The molecule has 3 aromatic carbocycles. The van der Waals surface area contributed by atoms with Crippen LogP contribution in [0.3, 0.4) is 0 Å². The van der Waals surface area contributed by atoms with Crippen LogP contribution in [-0.4, -0.2) is 31.3 Å². The lowest BCUT2D eigenvalue weighted by molar-refractivity contribution is -0.112. The Hall–Kier alpha value is -4.47. The summed E-state index contributed by atoms with van der Waals surface area (Å²) in [6, 6.07) is 17.9. The number of ether oxygens (including phenoxy) is 1. The first-order valence-electron chi connectivity index (χ1n) is 13.9. The highest BCUT2D eigenvalue weighted by Crippen LogP contribution is 2.33. The number of rotatable bonds is 10. The molecule has 0 saturated carbocycles. The lowest BCUT2D eigenvalue weighted by Crippen LogP contribution is -2.40. The summed E-state index contributed by atoms with van der Waals surface area (Å²) in [5.74, 6) is 1.23. The van der Waals surface area contributed by atoms with E-state index in [0.29, 0.717) is 34.6 Å². The highest BCUT2D eigenvalue weighted by Gasteiger charge is 2.40. The molecule has 0 fully saturated rings. The van der Waals surface area contributed by atoms with Crippen molar-refractivity contribution in [3.8, 4) is 5.75 Å². The van der Waals surface area contributed by atoms with Gasteiger partial charge in [0.15, 0.2) is 6.17 Å². The first kappa shape index (κ1) is 30.5. The molecule has 7 nitrogen and oxygen atoms in total. The van der Waals surface area contributed by atoms with Gasteiger partial charge in [-0.1, -0.05) is 63.6 Å². The van der Waals surface area contributed by atoms with Crippen molar-refractivity contribution in [2.75, 3.05) is 23.1 Å². The fourth-order valence-corrected chi connectivity index (χ4v) is 4.77. The van der Waals surface area contributed by atoms with Crippen LogP contribution in [0, 0.1) is 11.8 Å². The molecular formula is C32H36F3N5O2. The molecule has 1 heterocycles. The Morgan fingerprint density at radius 2 is 1.81 bits per heavy atom. The molecule has 0 spiro atoms. The van der Waals surface area contributed by atoms with Crippen molar-refractivity contribution < 1.29 is 22.7 Å². The highest BCUT2D eigenvalue weighted by atomic mass is 19.4. The summed E-state index contributed by atoms with van der Waals surface area (Å²) in [7, 11) is 1.47. The van der Waals surface area contributed by atoms with Crippen LogP contribution in [0.5, 0.6) is 5.75 Å². The molecule has 4 rings (SSSR count). The van der Waals surface area contributed by atoms with Gasteiger partial charge in [-0.2, -0.15) is 13.2 Å². The number of alkyl halides is 3. The minimum absolute atomic E-state index is 0.0715. The lowest BCUT2D eigenvalue weighted by atomic mass is 9.90. The third kappa shape index (κ3) is 7.84. The first-order chi connectivity index (χ1) is 20.1. The average Bonchev–Trinajstić information content (AvgIpc) is 2.95. The fraction of sp³-hybridized carbons (Fsp3) is 0.312. The van der Waals surface area contributed by atoms with Crippen molar-refractivity contribution in [1.82, 2.24) is 5.32 Å². The van der Waals surface area contributed by atoms with E-state index in [9.17, 15) is 18.0 Å². The molecule has 0 aliphatic carbocycles. The number of benzene rings is 3. The Kier molecular flexibility index (Phi) is 9.77. The lowest BCUT2D eigenvalue weighted by Gasteiger charge is -2.27. The molecule has 1 aliphatic rings. The number of allylic oxidation sites excluding steroid dienone is 1. The normalized spacial score (nSPS) is 16.0. The maximum absolute atomic E-state index is 13.9. The summed E-state index contributed by atoms with van der Waals surface area (Å²) in [6.45, 7) is 6.47. The summed E-state index contributed by atoms with van der Waals surface area (Å²) >= 11 is 0. The van der Waals surface area contributed by atoms with Gasteiger partial charge in [-0.05, 0) is 65.4 Å². The number of carbonyl (C=O) groups excluding carboxylic acids is 1. The van der Waals surface area contributed by atoms with Gasteiger partial charge in [0.25, 0.3) is 0 Å². The second-order valence-electron chi connectivity index (χ2n) is 10.4. The monoisotopic (exact) mass is 579 g/mol. The number of anilines is 3. The SMILES string of the molecule is CCC(C/C=C/C(=O)Nc1ccc(OC)c(NC2=NC(Nc3ccc4ccccc4c3)C(C(F)(F)F)=CN2)c1)C(C)C. The van der Waals surface area contributed by atoms with Crippen molar-refractivity contribution in [2.45, 2.75) is 46.0 Å². The molecule has 0 bridgehead atoms. The van der Waals surface area contributed by atoms with E-state index < -0.39 is 17.9 Å². The van der Waals surface area contributed by atoms with E-state index in [1.807, 2.05) is 36.4 Å². The van der Waals surface area contributed by atoms with Gasteiger partial charge in [-0.3, -0.25) is 4.79 Å². The van der Waals surface area contributed by atoms with Gasteiger partial charge in [0.2, 0.25) is 11.9 Å². The largest absolute Gasteiger partial charge is 0.495 e. The molecule has 2 unspecified atom stereocenters. The number of nitrogens with zero attached hydrogens (tertiary/aromatic N) is 1. The Morgan fingerprint density at radius 1 is 1.07 bits per heavy atom. The number of hydrogen-bond acceptors (Lipinski definition) is 6. The number of guanidine groups is 1. The predicted octanol–water partition coefficient (Wildman–Crippen LogP) is 7.67. The van der Waals surface area contributed by atoms with E-state index in [4.69, 9.17) is 4.74 Å². The summed E-state index contributed by atoms with van der Waals surface area (Å²) in [5.41, 5.74) is 0.513. The number of methoxy groups -OCH3 is 1. The highest BCUT2D eigenvalue weighted by molar-refractivity contribution is 6.01. The van der Waals surface area contributed by atoms with Crippen molar-refractivity contribution >= 4 is 39.7 Å². The van der Waals surface area contributed by atoms with Crippen molar-refractivity contribution in [2.24, 2.45) is 16.8 Å². The van der Waals surface area contributed by atoms with Gasteiger partial charge < -0.3 is 26.0 Å². The molecule has 3 aromatic rings. The number of nitrogens with one attached hydrogen (secondary N) is 4. The van der Waals surface area contributed by atoms with E-state index in [0.717, 1.165) is 29.8 Å². The Morgan fingerprint density at radius 3 is 2.50 bits per heavy atom. The van der Waals surface area contributed by atoms with Crippen LogP contribution < -0.4 is 26.0 Å². The molecule has 4 N–H and O–H groups in total. The molecule has 0 radical (unpaired) electrons. The zero-order valence-electron chi connectivity index (χ0n) is 24.0. The number of aliphatic imine (C=N–C) groups is 1. The smallest absolute Gasteiger partial charge is 0.417 e. The molecule has 222 valence electrons. The van der Waals surface area contributed by atoms with Crippen LogP contribution >= 0.6 is 0 Å². The van der Waals surface area contributed by atoms with Gasteiger partial charge >= 0.3 is 6.18 Å². The molecule has 10 heteroatoms. The zero-order valence-corrected chi connectivity index (χ0v) is 24.0. The summed E-state index contributed by atoms with van der Waals surface area (Å²) in [4.78, 5) is 16.8. The summed E-state index contributed by atoms with van der Waals surface area (Å²) < 4.78 is 47.1. The van der Waals surface area contributed by atoms with Gasteiger partial charge in [0.05, 0.1) is 18.4 Å². The van der Waals surface area contributed by atoms with Gasteiger partial charge in [0.1, 0.15) is 5.75 Å². The molecule has 1 amide bonds. The van der Waals surface area contributed by atoms with Crippen molar-refractivity contribution in [3.63, 3.8) is 0 Å². The second-order valence-corrected chi connectivity index (χ2v) is 10.4. The molecule has 1 aliphatic heterocycles. The zero-order chi connectivity index (χ0) is 30.3. The maximum Gasteiger partial charge on any atom is 0.417 e. The Labute approximate surface area is 243 Å². The minimum atomic E-state index is -4.61. The van der Waals surface area contributed by atoms with Crippen molar-refractivity contribution in [3.05, 3.63) is 84.6 Å². The number of hydrogen-bond donors (Lipinski definition) is 4. The predicted molar refractivity (Wildman–Crippen MR) is 164 cm³/mol. The molecule has 0 aromatic heterocycles. The van der Waals surface area contributed by atoms with E-state index in [2.05, 4.69) is 47.0 Å². The second kappa shape index (κ2) is 13.5. The number of amides is 1. The van der Waals surface area contributed by atoms with E-state index in [1.165, 1.54) is 13.2 Å². The molecule has 42 heavy (non-hydrogen) atoms. The van der Waals surface area contributed by atoms with Gasteiger partial charge in [0, 0.05) is 17.6 Å². The van der Waals surface area contributed by atoms with Gasteiger partial charge in [-0.25, -0.2) is 4.99 Å². The van der Waals surface area contributed by atoms with E-state index in [-0.39, 0.29) is 11.9 Å². The summed E-state index contributed by atoms with van der Waals surface area (Å²) in [6.07, 6.45) is 0.0989. The number of halogens is 3. The molecular weight excluding hydrogens is 543 g/mol. The van der Waals surface area contributed by atoms with Crippen molar-refractivity contribution in [1.29, 1.82) is 0 Å². The summed E-state index contributed by atoms with van der Waals surface area (Å²) in [5, 5.41) is 13.2. The van der Waals surface area contributed by atoms with Crippen LogP contribution in [0.4, 0.5) is 30.2 Å². The van der Waals surface area contributed by atoms with Crippen LogP contribution in [0.1, 0.15) is 33.6 Å². The van der Waals surface area contributed by atoms with Crippen LogP contribution in [0.25, 0.3) is 10.8 Å². The first-order valence-corrected chi connectivity index (χ1v) is 13.9. The molecule has 2 atom stereocenters. The topological polar surface area (TPSA) is 86.8 Å². The number of carbonyl (C=O) groups is 1. The van der Waals surface area contributed by atoms with Gasteiger partial charge in [-0.15, -0.1) is 0 Å².